The van der Waals surface area contributed by atoms with Gasteiger partial charge in [-0.3, -0.25) is 0 Å². The van der Waals surface area contributed by atoms with Gasteiger partial charge in [0.05, 0.1) is 0 Å². The Morgan fingerprint density at radius 1 is 1.05 bits per heavy atom. The lowest BCUT2D eigenvalue weighted by atomic mass is 10.0. The minimum Gasteiger partial charge on any atom is -0.455 e. The van der Waals surface area contributed by atoms with Crippen molar-refractivity contribution in [3.63, 3.8) is 0 Å². The van der Waals surface area contributed by atoms with Crippen molar-refractivity contribution in [1.29, 1.82) is 0 Å². The van der Waals surface area contributed by atoms with Crippen molar-refractivity contribution in [2.75, 3.05) is 0 Å². The topological polar surface area (TPSA) is 39.2 Å². The van der Waals surface area contributed by atoms with E-state index in [-0.39, 0.29) is 0 Å². The summed E-state index contributed by atoms with van der Waals surface area (Å²) in [6.07, 6.45) is 1.64. The standard InChI is InChI=1S/C17H19NO2.C2H6/c1-12-6-5-7-13(10-12)14-8-9-18-15(11-14)16(19)20-17(2,3)4;1-2/h5-11H,1-4H3;1-2H3. The number of nitrogens with zero attached hydrogens (tertiary/aromatic N) is 1. The molecule has 0 amide bonds. The van der Waals surface area contributed by atoms with Crippen LogP contribution in [0.15, 0.2) is 42.6 Å². The second kappa shape index (κ2) is 7.74. The molecule has 3 nitrogen and oxygen atoms in total. The van der Waals surface area contributed by atoms with E-state index in [1.54, 1.807) is 12.3 Å². The van der Waals surface area contributed by atoms with Crippen molar-refractivity contribution in [2.45, 2.75) is 47.1 Å². The van der Waals surface area contributed by atoms with Crippen LogP contribution in [0.4, 0.5) is 0 Å². The SMILES string of the molecule is CC.Cc1cccc(-c2ccnc(C(=O)OC(C)(C)C)c2)c1. The molecule has 0 bridgehead atoms. The average molecular weight is 299 g/mol. The van der Waals surface area contributed by atoms with Gasteiger partial charge >= 0.3 is 5.97 Å². The van der Waals surface area contributed by atoms with Crippen LogP contribution in [0.25, 0.3) is 11.1 Å². The fourth-order valence-corrected chi connectivity index (χ4v) is 1.88. The molecule has 0 aliphatic rings. The molecule has 0 fully saturated rings. The molecule has 0 N–H and O–H groups in total. The average Bonchev–Trinajstić information content (AvgIpc) is 2.48. The predicted molar refractivity (Wildman–Crippen MR) is 90.9 cm³/mol. The van der Waals surface area contributed by atoms with Gasteiger partial charge in [0, 0.05) is 6.20 Å². The first kappa shape index (κ1) is 17.9. The summed E-state index contributed by atoms with van der Waals surface area (Å²) >= 11 is 0. The number of carbonyl (C=O) groups excluding carboxylic acids is 1. The Morgan fingerprint density at radius 3 is 2.27 bits per heavy atom. The van der Waals surface area contributed by atoms with E-state index in [0.29, 0.717) is 5.69 Å². The maximum atomic E-state index is 12.0. The van der Waals surface area contributed by atoms with Crippen LogP contribution in [-0.4, -0.2) is 16.6 Å². The molecule has 118 valence electrons. The lowest BCUT2D eigenvalue weighted by molar-refractivity contribution is 0.00629. The zero-order valence-corrected chi connectivity index (χ0v) is 14.3. The van der Waals surface area contributed by atoms with Gasteiger partial charge in [0.1, 0.15) is 11.3 Å². The van der Waals surface area contributed by atoms with E-state index in [4.69, 9.17) is 4.74 Å². The van der Waals surface area contributed by atoms with E-state index in [0.717, 1.165) is 11.1 Å². The van der Waals surface area contributed by atoms with Crippen molar-refractivity contribution < 1.29 is 9.53 Å². The molecule has 0 aliphatic heterocycles. The van der Waals surface area contributed by atoms with Crippen LogP contribution >= 0.6 is 0 Å². The van der Waals surface area contributed by atoms with Crippen LogP contribution in [-0.2, 0) is 4.74 Å². The first-order valence-corrected chi connectivity index (χ1v) is 7.61. The second-order valence-electron chi connectivity index (χ2n) is 5.80. The number of ether oxygens (including phenoxy) is 1. The first-order valence-electron chi connectivity index (χ1n) is 7.61. The van der Waals surface area contributed by atoms with Crippen molar-refractivity contribution in [3.8, 4) is 11.1 Å². The smallest absolute Gasteiger partial charge is 0.357 e. The summed E-state index contributed by atoms with van der Waals surface area (Å²) in [4.78, 5) is 16.1. The number of esters is 1. The Labute approximate surface area is 133 Å². The maximum absolute atomic E-state index is 12.0. The van der Waals surface area contributed by atoms with E-state index in [1.807, 2.05) is 65.8 Å². The molecule has 2 aromatic rings. The monoisotopic (exact) mass is 299 g/mol. The molecule has 0 saturated heterocycles. The molecule has 0 spiro atoms. The summed E-state index contributed by atoms with van der Waals surface area (Å²) in [6, 6.07) is 11.8. The highest BCUT2D eigenvalue weighted by Crippen LogP contribution is 2.21. The molecule has 0 radical (unpaired) electrons. The summed E-state index contributed by atoms with van der Waals surface area (Å²) in [5.41, 5.74) is 3.02. The summed E-state index contributed by atoms with van der Waals surface area (Å²) in [6.45, 7) is 11.6. The molecule has 1 aromatic carbocycles. The van der Waals surface area contributed by atoms with Crippen LogP contribution in [0.3, 0.4) is 0 Å². The number of hydrogen-bond donors (Lipinski definition) is 0. The normalized spacial score (nSPS) is 10.5. The van der Waals surface area contributed by atoms with Crippen molar-refractivity contribution >= 4 is 5.97 Å². The highest BCUT2D eigenvalue weighted by Gasteiger charge is 2.19. The van der Waals surface area contributed by atoms with Gasteiger partial charge in [-0.2, -0.15) is 0 Å². The Balaban J connectivity index is 0.00000116. The fourth-order valence-electron chi connectivity index (χ4n) is 1.88. The van der Waals surface area contributed by atoms with Gasteiger partial charge < -0.3 is 4.74 Å². The van der Waals surface area contributed by atoms with Crippen LogP contribution < -0.4 is 0 Å². The zero-order valence-electron chi connectivity index (χ0n) is 14.3. The highest BCUT2D eigenvalue weighted by atomic mass is 16.6. The molecule has 0 aliphatic carbocycles. The molecule has 1 aromatic heterocycles. The van der Waals surface area contributed by atoms with E-state index >= 15 is 0 Å². The minimum absolute atomic E-state index is 0.332. The van der Waals surface area contributed by atoms with E-state index in [1.165, 1.54) is 5.56 Å². The molecule has 2 rings (SSSR count). The minimum atomic E-state index is -0.516. The van der Waals surface area contributed by atoms with Crippen LogP contribution in [0.2, 0.25) is 0 Å². The van der Waals surface area contributed by atoms with E-state index in [9.17, 15) is 4.79 Å². The van der Waals surface area contributed by atoms with Crippen molar-refractivity contribution in [3.05, 3.63) is 53.9 Å². The number of carbonyl (C=O) groups is 1. The van der Waals surface area contributed by atoms with Crippen LogP contribution in [0.1, 0.15) is 50.7 Å². The molecule has 0 unspecified atom stereocenters. The molecule has 1 heterocycles. The fraction of sp³-hybridized carbons (Fsp3) is 0.368. The Morgan fingerprint density at radius 2 is 1.68 bits per heavy atom. The number of aryl methyl sites for hydroxylation is 1. The van der Waals surface area contributed by atoms with Gasteiger partial charge in [-0.25, -0.2) is 9.78 Å². The Bertz CT molecular complexity index is 627. The second-order valence-corrected chi connectivity index (χ2v) is 5.80. The number of rotatable bonds is 2. The van der Waals surface area contributed by atoms with Gasteiger partial charge in [0.2, 0.25) is 0 Å². The summed E-state index contributed by atoms with van der Waals surface area (Å²) < 4.78 is 5.34. The molecular weight excluding hydrogens is 274 g/mol. The molecular formula is C19H25NO2. The zero-order chi connectivity index (χ0) is 16.8. The maximum Gasteiger partial charge on any atom is 0.357 e. The van der Waals surface area contributed by atoms with E-state index in [2.05, 4.69) is 11.1 Å². The number of hydrogen-bond acceptors (Lipinski definition) is 3. The molecule has 3 heteroatoms. The van der Waals surface area contributed by atoms with Crippen molar-refractivity contribution in [2.24, 2.45) is 0 Å². The molecule has 0 saturated carbocycles. The number of aromatic nitrogens is 1. The molecule has 0 atom stereocenters. The van der Waals surface area contributed by atoms with Crippen molar-refractivity contribution in [1.82, 2.24) is 4.98 Å². The predicted octanol–water partition coefficient (Wildman–Crippen LogP) is 5.04. The Hall–Kier alpha value is -2.16. The summed E-state index contributed by atoms with van der Waals surface area (Å²) in [5.74, 6) is -0.396. The Kier molecular flexibility index (Phi) is 6.29. The van der Waals surface area contributed by atoms with Gasteiger partial charge in [0.25, 0.3) is 0 Å². The lowest BCUT2D eigenvalue weighted by Gasteiger charge is -2.19. The quantitative estimate of drug-likeness (QED) is 0.729. The van der Waals surface area contributed by atoms with Crippen LogP contribution in [0, 0.1) is 6.92 Å². The largest absolute Gasteiger partial charge is 0.455 e. The third kappa shape index (κ3) is 5.32. The summed E-state index contributed by atoms with van der Waals surface area (Å²) in [5, 5.41) is 0. The van der Waals surface area contributed by atoms with E-state index < -0.39 is 11.6 Å². The van der Waals surface area contributed by atoms with Gasteiger partial charge in [-0.05, 0) is 51.0 Å². The molecule has 22 heavy (non-hydrogen) atoms. The summed E-state index contributed by atoms with van der Waals surface area (Å²) in [7, 11) is 0. The third-order valence-corrected chi connectivity index (χ3v) is 2.72. The third-order valence-electron chi connectivity index (χ3n) is 2.72. The highest BCUT2D eigenvalue weighted by molar-refractivity contribution is 5.89. The van der Waals surface area contributed by atoms with Gasteiger partial charge in [-0.15, -0.1) is 0 Å². The first-order chi connectivity index (χ1) is 10.3. The van der Waals surface area contributed by atoms with Gasteiger partial charge in [0.15, 0.2) is 0 Å². The number of benzene rings is 1. The lowest BCUT2D eigenvalue weighted by Crippen LogP contribution is -2.24. The number of pyridine rings is 1. The van der Waals surface area contributed by atoms with Gasteiger partial charge in [-0.1, -0.05) is 43.7 Å². The van der Waals surface area contributed by atoms with Crippen LogP contribution in [0.5, 0.6) is 0 Å².